The quantitative estimate of drug-likeness (QED) is 0.0709. The normalized spacial score (nSPS) is 13.4. The van der Waals surface area contributed by atoms with Crippen LogP contribution >= 0.6 is 0 Å². The molecule has 10 nitrogen and oxygen atoms in total. The first-order chi connectivity index (χ1) is 24.0. The molecule has 0 rings (SSSR count). The van der Waals surface area contributed by atoms with Gasteiger partial charge in [-0.15, -0.1) is 0 Å². The van der Waals surface area contributed by atoms with E-state index < -0.39 is 47.9 Å². The number of carbonyl (C=O) groups excluding carboxylic acids is 4. The van der Waals surface area contributed by atoms with Crippen LogP contribution in [0.4, 0.5) is 0 Å². The summed E-state index contributed by atoms with van der Waals surface area (Å²) in [5.41, 5.74) is -4.59. The number of carboxylic acid groups (broad SMARTS) is 4. The van der Waals surface area contributed by atoms with Crippen molar-refractivity contribution in [2.75, 3.05) is 0 Å². The summed E-state index contributed by atoms with van der Waals surface area (Å²) in [6.07, 6.45) is 22.2. The molecule has 0 spiro atoms. The van der Waals surface area contributed by atoms with Crippen molar-refractivity contribution in [2.24, 2.45) is 11.8 Å². The van der Waals surface area contributed by atoms with Crippen molar-refractivity contribution in [3.63, 3.8) is 0 Å². The van der Waals surface area contributed by atoms with Crippen LogP contribution in [0.1, 0.15) is 196 Å². The Bertz CT molecular complexity index is 798. The van der Waals surface area contributed by atoms with Crippen molar-refractivity contribution in [1.82, 2.24) is 0 Å². The molecular formula is C40H74O10Sn. The summed E-state index contributed by atoms with van der Waals surface area (Å²) < 4.78 is 3.31. The average molecular weight is 834 g/mol. The zero-order valence-electron chi connectivity index (χ0n) is 33.2. The van der Waals surface area contributed by atoms with Crippen LogP contribution in [0.15, 0.2) is 0 Å². The van der Waals surface area contributed by atoms with E-state index in [0.717, 1.165) is 38.5 Å². The van der Waals surface area contributed by atoms with Crippen LogP contribution in [-0.2, 0) is 19.2 Å². The van der Waals surface area contributed by atoms with Gasteiger partial charge in [0, 0.05) is 24.8 Å². The predicted octanol–water partition coefficient (Wildman–Crippen LogP) is 4.68. The van der Waals surface area contributed by atoms with Crippen LogP contribution in [0.3, 0.4) is 0 Å². The Morgan fingerprint density at radius 2 is 0.784 bits per heavy atom. The second kappa shape index (κ2) is 35.6. The van der Waals surface area contributed by atoms with Crippen LogP contribution in [0, 0.1) is 11.8 Å². The van der Waals surface area contributed by atoms with Gasteiger partial charge >= 0.3 is 121 Å². The van der Waals surface area contributed by atoms with Crippen molar-refractivity contribution in [2.45, 2.75) is 216 Å². The van der Waals surface area contributed by atoms with Gasteiger partial charge < -0.3 is 49.8 Å². The molecule has 0 aliphatic heterocycles. The minimum atomic E-state index is -2.29. The molecule has 0 aromatic heterocycles. The first kappa shape index (κ1) is 53.9. The number of carboxylic acids is 4. The van der Waals surface area contributed by atoms with Crippen LogP contribution in [-0.4, -0.2) is 66.4 Å². The van der Waals surface area contributed by atoms with Crippen LogP contribution in [0.2, 0.25) is 8.87 Å². The van der Waals surface area contributed by atoms with Crippen LogP contribution in [0.25, 0.3) is 0 Å². The Hall–Kier alpha value is -1.40. The van der Waals surface area contributed by atoms with Crippen molar-refractivity contribution in [1.29, 1.82) is 0 Å². The molecular weight excluding hydrogens is 759 g/mol. The van der Waals surface area contributed by atoms with E-state index >= 15 is 0 Å². The van der Waals surface area contributed by atoms with Gasteiger partial charge in [-0.05, 0) is 24.7 Å². The second-order valence-corrected chi connectivity index (χ2v) is 19.3. The third-order valence-electron chi connectivity index (χ3n) is 8.79. The minimum absolute atomic E-state index is 0.0736. The molecule has 51 heavy (non-hydrogen) atoms. The van der Waals surface area contributed by atoms with Crippen molar-refractivity contribution in [3.05, 3.63) is 0 Å². The van der Waals surface area contributed by atoms with Gasteiger partial charge in [0.2, 0.25) is 0 Å². The third-order valence-corrected chi connectivity index (χ3v) is 12.8. The van der Waals surface area contributed by atoms with Gasteiger partial charge in [-0.3, -0.25) is 0 Å². The van der Waals surface area contributed by atoms with Crippen molar-refractivity contribution >= 4 is 45.0 Å². The summed E-state index contributed by atoms with van der Waals surface area (Å²) in [6, 6.07) is 0. The molecule has 0 amide bonds. The number of unbranched alkanes of at least 4 members (excludes halogenated alkanes) is 14. The summed E-state index contributed by atoms with van der Waals surface area (Å²) in [6.45, 7) is 13.0. The van der Waals surface area contributed by atoms with E-state index in [2.05, 4.69) is 41.5 Å². The number of aliphatic carboxylic acids is 4. The summed E-state index contributed by atoms with van der Waals surface area (Å²) in [4.78, 5) is 42.0. The first-order valence-corrected chi connectivity index (χ1v) is 24.0. The Balaban J connectivity index is -0.000000678. The molecule has 0 fully saturated rings. The van der Waals surface area contributed by atoms with Gasteiger partial charge in [0.1, 0.15) is 11.2 Å². The summed E-state index contributed by atoms with van der Waals surface area (Å²) in [7, 11) is 0. The second-order valence-electron chi connectivity index (χ2n) is 15.0. The molecule has 0 aromatic carbocycles. The number of hydrogen-bond acceptors (Lipinski definition) is 10. The van der Waals surface area contributed by atoms with Gasteiger partial charge in [-0.1, -0.05) is 79.1 Å². The fourth-order valence-electron chi connectivity index (χ4n) is 5.48. The third kappa shape index (κ3) is 38.1. The van der Waals surface area contributed by atoms with Gasteiger partial charge in [0.05, 0.1) is 11.9 Å². The average Bonchev–Trinajstić information content (AvgIpc) is 3.02. The Morgan fingerprint density at radius 1 is 0.490 bits per heavy atom. The molecule has 298 valence electrons. The molecule has 0 aliphatic carbocycles. The molecule has 2 N–H and O–H groups in total. The molecule has 2 unspecified atom stereocenters. The number of rotatable bonds is 32. The molecule has 0 bridgehead atoms. The van der Waals surface area contributed by atoms with Crippen molar-refractivity contribution in [3.8, 4) is 0 Å². The Morgan fingerprint density at radius 3 is 1.06 bits per heavy atom. The van der Waals surface area contributed by atoms with E-state index in [9.17, 15) is 49.8 Å². The zero-order chi connectivity index (χ0) is 39.6. The van der Waals surface area contributed by atoms with E-state index in [4.69, 9.17) is 0 Å². The van der Waals surface area contributed by atoms with E-state index in [1.807, 2.05) is 0 Å². The van der Waals surface area contributed by atoms with Gasteiger partial charge in [-0.25, -0.2) is 0 Å². The fraction of sp³-hybridized carbons (Fsp3) is 0.900. The topological polar surface area (TPSA) is 201 Å². The molecule has 6 radical (unpaired) electrons. The molecule has 0 heterocycles. The van der Waals surface area contributed by atoms with E-state index in [1.54, 1.807) is 21.7 Å². The maximum absolute atomic E-state index is 10.7. The number of hydrogen-bond donors (Lipinski definition) is 2. The van der Waals surface area contributed by atoms with Gasteiger partial charge in [-0.2, -0.15) is 0 Å². The van der Waals surface area contributed by atoms with E-state index in [-0.39, 0.29) is 34.0 Å². The van der Waals surface area contributed by atoms with E-state index in [0.29, 0.717) is 24.7 Å². The number of carbonyl (C=O) groups is 4. The molecule has 11 heteroatoms. The molecule has 0 saturated heterocycles. The summed E-state index contributed by atoms with van der Waals surface area (Å²) in [5.74, 6) is -5.50. The molecule has 0 aromatic rings. The monoisotopic (exact) mass is 834 g/mol. The SMILES string of the molecule is CC(C)CCCCCC(O)(CC(=O)[O-])C(=O)[O-].CC(C)CCCCCC(O)(CC(=O)[O-])C(=O)[O-].CCCCCCC[CH2][Sn+4][CH2]CCCCCCC. The van der Waals surface area contributed by atoms with Crippen LogP contribution < -0.4 is 20.4 Å². The van der Waals surface area contributed by atoms with Gasteiger partial charge in [0.15, 0.2) is 0 Å². The predicted molar refractivity (Wildman–Crippen MR) is 197 cm³/mol. The standard InChI is InChI=1S/2C12H22O5.2C8H17.Sn/c2*1-9(2)6-4-3-5-7-12(17,11(15)16)8-10(13)14;2*1-3-5-7-8-6-4-2;/h2*9,17H,3-8H2,1-2H3,(H,13,14)(H,15,16);2*1,3-8H2,2H3;/q;;;;+4/p-4. The molecule has 2 atom stereocenters. The summed E-state index contributed by atoms with van der Waals surface area (Å²) in [5, 5.41) is 61.2. The number of aliphatic hydroxyl groups is 2. The maximum atomic E-state index is 10.7. The Labute approximate surface area is 321 Å². The first-order valence-electron chi connectivity index (χ1n) is 19.9. The van der Waals surface area contributed by atoms with E-state index in [1.165, 1.54) is 64.2 Å². The molecule has 0 aliphatic rings. The molecule has 0 saturated carbocycles. The van der Waals surface area contributed by atoms with Crippen molar-refractivity contribution < 1.29 is 49.8 Å². The summed E-state index contributed by atoms with van der Waals surface area (Å²) >= 11 is 0.0736. The van der Waals surface area contributed by atoms with Crippen LogP contribution in [0.5, 0.6) is 0 Å². The van der Waals surface area contributed by atoms with Gasteiger partial charge in [0.25, 0.3) is 0 Å². The Kier molecular flexibility index (Phi) is 37.7. The zero-order valence-corrected chi connectivity index (χ0v) is 36.1. The fourth-order valence-corrected chi connectivity index (χ4v) is 9.05.